The van der Waals surface area contributed by atoms with E-state index in [2.05, 4.69) is 5.32 Å². The summed E-state index contributed by atoms with van der Waals surface area (Å²) in [7, 11) is 1.52. The first-order chi connectivity index (χ1) is 8.08. The van der Waals surface area contributed by atoms with Gasteiger partial charge < -0.3 is 15.8 Å². The van der Waals surface area contributed by atoms with Gasteiger partial charge in [-0.1, -0.05) is 11.6 Å². The van der Waals surface area contributed by atoms with Crippen LogP contribution in [0.5, 0.6) is 0 Å². The molecule has 5 heteroatoms. The van der Waals surface area contributed by atoms with Crippen molar-refractivity contribution in [1.82, 2.24) is 5.32 Å². The van der Waals surface area contributed by atoms with Crippen molar-refractivity contribution in [3.63, 3.8) is 0 Å². The molecule has 3 N–H and O–H groups in total. The lowest BCUT2D eigenvalue weighted by atomic mass is 10.1. The van der Waals surface area contributed by atoms with Crippen molar-refractivity contribution in [2.45, 2.75) is 13.0 Å². The minimum Gasteiger partial charge on any atom is -0.383 e. The van der Waals surface area contributed by atoms with Crippen LogP contribution in [0, 0.1) is 12.7 Å². The molecule has 4 nitrogen and oxygen atoms in total. The van der Waals surface area contributed by atoms with Gasteiger partial charge in [0.2, 0.25) is 0 Å². The smallest absolute Gasteiger partial charge is 0.254 e. The zero-order valence-electron chi connectivity index (χ0n) is 10.00. The Morgan fingerprint density at radius 3 is 2.88 bits per heavy atom. The summed E-state index contributed by atoms with van der Waals surface area (Å²) < 4.78 is 18.3. The monoisotopic (exact) mass is 240 g/mol. The Labute approximate surface area is 100.0 Å². The number of amides is 1. The molecular formula is C12H17FN2O2. The van der Waals surface area contributed by atoms with E-state index in [0.29, 0.717) is 6.61 Å². The number of hydrogen-bond donors (Lipinski definition) is 2. The number of halogens is 1. The van der Waals surface area contributed by atoms with Crippen LogP contribution in [0.4, 0.5) is 4.39 Å². The lowest BCUT2D eigenvalue weighted by Gasteiger charge is -2.16. The Bertz CT molecular complexity index is 396. The van der Waals surface area contributed by atoms with Gasteiger partial charge in [0.05, 0.1) is 18.2 Å². The first-order valence-electron chi connectivity index (χ1n) is 5.34. The summed E-state index contributed by atoms with van der Waals surface area (Å²) in [4.78, 5) is 11.8. The van der Waals surface area contributed by atoms with Gasteiger partial charge in [-0.15, -0.1) is 0 Å². The maximum absolute atomic E-state index is 13.4. The number of methoxy groups -OCH3 is 1. The predicted molar refractivity (Wildman–Crippen MR) is 63.3 cm³/mol. The van der Waals surface area contributed by atoms with E-state index < -0.39 is 11.7 Å². The van der Waals surface area contributed by atoms with E-state index in [9.17, 15) is 9.18 Å². The number of benzene rings is 1. The largest absolute Gasteiger partial charge is 0.383 e. The number of carbonyl (C=O) groups is 1. The maximum Gasteiger partial charge on any atom is 0.254 e. The molecule has 1 amide bonds. The molecule has 0 fully saturated rings. The molecule has 0 radical (unpaired) electrons. The molecule has 0 aromatic heterocycles. The molecule has 17 heavy (non-hydrogen) atoms. The zero-order chi connectivity index (χ0) is 12.8. The summed E-state index contributed by atoms with van der Waals surface area (Å²) in [5, 5.41) is 2.62. The number of rotatable bonds is 5. The van der Waals surface area contributed by atoms with Crippen LogP contribution >= 0.6 is 0 Å². The Kier molecular flexibility index (Phi) is 5.06. The minimum absolute atomic E-state index is 0.0274. The van der Waals surface area contributed by atoms with Crippen molar-refractivity contribution < 1.29 is 13.9 Å². The Hall–Kier alpha value is -1.46. The van der Waals surface area contributed by atoms with Gasteiger partial charge in [0.1, 0.15) is 5.82 Å². The Balaban J connectivity index is 2.78. The average Bonchev–Trinajstić information content (AvgIpc) is 2.31. The Morgan fingerprint density at radius 1 is 1.59 bits per heavy atom. The number of carbonyl (C=O) groups excluding carboxylic acids is 1. The number of ether oxygens (including phenoxy) is 1. The number of hydrogen-bond acceptors (Lipinski definition) is 3. The molecule has 0 spiro atoms. The van der Waals surface area contributed by atoms with Crippen molar-refractivity contribution in [3.05, 3.63) is 35.1 Å². The quantitative estimate of drug-likeness (QED) is 0.801. The summed E-state index contributed by atoms with van der Waals surface area (Å²) >= 11 is 0. The third kappa shape index (κ3) is 3.80. The first-order valence-corrected chi connectivity index (χ1v) is 5.34. The predicted octanol–water partition coefficient (Wildman–Crippen LogP) is 0.838. The van der Waals surface area contributed by atoms with E-state index >= 15 is 0 Å². The SMILES string of the molecule is COCC(CN)NC(=O)c1cc(C)ccc1F. The van der Waals surface area contributed by atoms with Crippen molar-refractivity contribution in [2.75, 3.05) is 20.3 Å². The third-order valence-corrected chi connectivity index (χ3v) is 2.35. The fourth-order valence-electron chi connectivity index (χ4n) is 1.45. The molecule has 1 atom stereocenters. The van der Waals surface area contributed by atoms with E-state index in [0.717, 1.165) is 5.56 Å². The first kappa shape index (κ1) is 13.6. The molecule has 0 aliphatic rings. The number of aryl methyl sites for hydroxylation is 1. The van der Waals surface area contributed by atoms with E-state index in [1.165, 1.54) is 19.2 Å². The maximum atomic E-state index is 13.4. The molecule has 0 aliphatic heterocycles. The molecule has 1 aromatic carbocycles. The lowest BCUT2D eigenvalue weighted by Crippen LogP contribution is -2.43. The third-order valence-electron chi connectivity index (χ3n) is 2.35. The fraction of sp³-hybridized carbons (Fsp3) is 0.417. The minimum atomic E-state index is -0.540. The van der Waals surface area contributed by atoms with Crippen LogP contribution in [-0.2, 0) is 4.74 Å². The van der Waals surface area contributed by atoms with Crippen LogP contribution in [0.3, 0.4) is 0 Å². The van der Waals surface area contributed by atoms with Gasteiger partial charge in [0.15, 0.2) is 0 Å². The van der Waals surface area contributed by atoms with Crippen LogP contribution in [0.15, 0.2) is 18.2 Å². The van der Waals surface area contributed by atoms with Crippen molar-refractivity contribution in [2.24, 2.45) is 5.73 Å². The molecule has 1 unspecified atom stereocenters. The van der Waals surface area contributed by atoms with Gasteiger partial charge in [0.25, 0.3) is 5.91 Å². The summed E-state index contributed by atoms with van der Waals surface area (Å²) in [6.07, 6.45) is 0. The van der Waals surface area contributed by atoms with E-state index in [1.54, 1.807) is 13.0 Å². The van der Waals surface area contributed by atoms with Gasteiger partial charge in [-0.05, 0) is 19.1 Å². The fourth-order valence-corrected chi connectivity index (χ4v) is 1.45. The van der Waals surface area contributed by atoms with Crippen LogP contribution in [0.1, 0.15) is 15.9 Å². The van der Waals surface area contributed by atoms with Gasteiger partial charge in [0, 0.05) is 13.7 Å². The van der Waals surface area contributed by atoms with Crippen molar-refractivity contribution in [1.29, 1.82) is 0 Å². The molecule has 1 rings (SSSR count). The Morgan fingerprint density at radius 2 is 2.29 bits per heavy atom. The van der Waals surface area contributed by atoms with Crippen LogP contribution in [-0.4, -0.2) is 32.2 Å². The highest BCUT2D eigenvalue weighted by molar-refractivity contribution is 5.94. The van der Waals surface area contributed by atoms with Gasteiger partial charge in [-0.25, -0.2) is 4.39 Å². The molecular weight excluding hydrogens is 223 g/mol. The van der Waals surface area contributed by atoms with Gasteiger partial charge >= 0.3 is 0 Å². The molecule has 0 aliphatic carbocycles. The summed E-state index contributed by atoms with van der Waals surface area (Å²) in [5.74, 6) is -1.01. The van der Waals surface area contributed by atoms with Crippen LogP contribution in [0.25, 0.3) is 0 Å². The normalized spacial score (nSPS) is 12.2. The molecule has 0 saturated carbocycles. The highest BCUT2D eigenvalue weighted by Gasteiger charge is 2.15. The molecule has 0 bridgehead atoms. The second kappa shape index (κ2) is 6.32. The van der Waals surface area contributed by atoms with Crippen LogP contribution < -0.4 is 11.1 Å². The highest BCUT2D eigenvalue weighted by Crippen LogP contribution is 2.10. The topological polar surface area (TPSA) is 64.3 Å². The second-order valence-corrected chi connectivity index (χ2v) is 3.84. The molecule has 1 aromatic rings. The summed E-state index contributed by atoms with van der Waals surface area (Å²) in [5.41, 5.74) is 6.32. The standard InChI is InChI=1S/C12H17FN2O2/c1-8-3-4-11(13)10(5-8)12(16)15-9(6-14)7-17-2/h3-5,9H,6-7,14H2,1-2H3,(H,15,16). The molecule has 0 heterocycles. The lowest BCUT2D eigenvalue weighted by molar-refractivity contribution is 0.0896. The number of nitrogens with one attached hydrogen (secondary N) is 1. The van der Waals surface area contributed by atoms with Crippen LogP contribution in [0.2, 0.25) is 0 Å². The van der Waals surface area contributed by atoms with Crippen molar-refractivity contribution in [3.8, 4) is 0 Å². The second-order valence-electron chi connectivity index (χ2n) is 3.84. The molecule has 94 valence electrons. The number of nitrogens with two attached hydrogens (primary N) is 1. The van der Waals surface area contributed by atoms with Gasteiger partial charge in [-0.3, -0.25) is 4.79 Å². The molecule has 0 saturated heterocycles. The van der Waals surface area contributed by atoms with E-state index in [4.69, 9.17) is 10.5 Å². The highest BCUT2D eigenvalue weighted by atomic mass is 19.1. The summed E-state index contributed by atoms with van der Waals surface area (Å²) in [6.45, 7) is 2.34. The van der Waals surface area contributed by atoms with E-state index in [1.807, 2.05) is 0 Å². The van der Waals surface area contributed by atoms with Crippen molar-refractivity contribution >= 4 is 5.91 Å². The average molecular weight is 240 g/mol. The van der Waals surface area contributed by atoms with E-state index in [-0.39, 0.29) is 18.2 Å². The summed E-state index contributed by atoms with van der Waals surface area (Å²) in [6, 6.07) is 4.08. The van der Waals surface area contributed by atoms with Gasteiger partial charge in [-0.2, -0.15) is 0 Å². The zero-order valence-corrected chi connectivity index (χ0v) is 10.00.